The average Bonchev–Trinajstić information content (AvgIpc) is 2.52. The van der Waals surface area contributed by atoms with Gasteiger partial charge in [-0.3, -0.25) is 4.79 Å². The van der Waals surface area contributed by atoms with Gasteiger partial charge in [0.1, 0.15) is 0 Å². The number of hydrogen-bond donors (Lipinski definition) is 2. The molecule has 0 spiro atoms. The lowest BCUT2D eigenvalue weighted by Crippen LogP contribution is -3.16. The summed E-state index contributed by atoms with van der Waals surface area (Å²) in [7, 11) is 0. The molecule has 1 fully saturated rings. The maximum absolute atomic E-state index is 11.9. The number of rotatable bonds is 7. The zero-order valence-corrected chi connectivity index (χ0v) is 15.6. The van der Waals surface area contributed by atoms with E-state index >= 15 is 0 Å². The summed E-state index contributed by atoms with van der Waals surface area (Å²) in [5.74, 6) is 0.629. The number of carbonyl (C=O) groups is 1. The van der Waals surface area contributed by atoms with Gasteiger partial charge in [-0.25, -0.2) is 0 Å². The van der Waals surface area contributed by atoms with E-state index in [4.69, 9.17) is 0 Å². The predicted octanol–water partition coefficient (Wildman–Crippen LogP) is 2.50. The highest BCUT2D eigenvalue weighted by atomic mass is 79.9. The van der Waals surface area contributed by atoms with Gasteiger partial charge in [0.15, 0.2) is 0 Å². The third-order valence-electron chi connectivity index (χ3n) is 4.26. The smallest absolute Gasteiger partial charge is 0.230 e. The Balaban J connectivity index is 1.56. The lowest BCUT2D eigenvalue weighted by Gasteiger charge is -2.30. The Hall–Kier alpha value is -0.520. The topological polar surface area (TPSA) is 33.5 Å². The van der Waals surface area contributed by atoms with Crippen molar-refractivity contribution in [2.75, 3.05) is 25.4 Å². The standard InChI is InChI=1S/C17H25BrN2OS/c1-14-5-2-3-11-20(14)12-4-10-19-17(21)13-22-16-8-6-15(18)7-9-16/h6-9,14H,2-5,10-13H2,1H3,(H,19,21)/p+1/t14-/m0/s1. The molecule has 5 heteroatoms. The minimum absolute atomic E-state index is 0.134. The molecule has 1 aliphatic rings. The van der Waals surface area contributed by atoms with Crippen molar-refractivity contribution >= 4 is 33.6 Å². The van der Waals surface area contributed by atoms with Gasteiger partial charge < -0.3 is 10.2 Å². The van der Waals surface area contributed by atoms with E-state index in [0.29, 0.717) is 5.75 Å². The van der Waals surface area contributed by atoms with Crippen molar-refractivity contribution in [3.8, 4) is 0 Å². The summed E-state index contributed by atoms with van der Waals surface area (Å²) in [4.78, 5) is 14.7. The fraction of sp³-hybridized carbons (Fsp3) is 0.588. The van der Waals surface area contributed by atoms with Crippen LogP contribution in [0.5, 0.6) is 0 Å². The largest absolute Gasteiger partial charge is 0.355 e. The number of halogens is 1. The van der Waals surface area contributed by atoms with Gasteiger partial charge in [0.2, 0.25) is 5.91 Å². The van der Waals surface area contributed by atoms with Gasteiger partial charge in [0.25, 0.3) is 0 Å². The van der Waals surface area contributed by atoms with E-state index in [1.165, 1.54) is 32.4 Å². The highest BCUT2D eigenvalue weighted by molar-refractivity contribution is 9.10. The van der Waals surface area contributed by atoms with E-state index in [-0.39, 0.29) is 5.91 Å². The van der Waals surface area contributed by atoms with Gasteiger partial charge >= 0.3 is 0 Å². The van der Waals surface area contributed by atoms with Crippen LogP contribution in [0.15, 0.2) is 33.6 Å². The van der Waals surface area contributed by atoms with Gasteiger partial charge in [-0.05, 0) is 50.5 Å². The first-order valence-electron chi connectivity index (χ1n) is 8.15. The van der Waals surface area contributed by atoms with Crippen LogP contribution < -0.4 is 10.2 Å². The van der Waals surface area contributed by atoms with Gasteiger partial charge in [-0.1, -0.05) is 15.9 Å². The highest BCUT2D eigenvalue weighted by Crippen LogP contribution is 2.20. The molecule has 0 bridgehead atoms. The number of nitrogens with one attached hydrogen (secondary N) is 2. The molecule has 22 heavy (non-hydrogen) atoms. The number of benzene rings is 1. The SMILES string of the molecule is C[C@H]1CCCC[NH+]1CCCNC(=O)CSc1ccc(Br)cc1. The fourth-order valence-electron chi connectivity index (χ4n) is 2.90. The second kappa shape index (κ2) is 9.58. The van der Waals surface area contributed by atoms with Crippen molar-refractivity contribution in [1.29, 1.82) is 0 Å². The molecule has 1 unspecified atom stereocenters. The maximum Gasteiger partial charge on any atom is 0.230 e. The molecule has 0 aliphatic carbocycles. The van der Waals surface area contributed by atoms with Crippen LogP contribution in [0.4, 0.5) is 0 Å². The van der Waals surface area contributed by atoms with E-state index in [0.717, 1.165) is 28.4 Å². The van der Waals surface area contributed by atoms with Gasteiger partial charge in [-0.2, -0.15) is 0 Å². The van der Waals surface area contributed by atoms with Crippen LogP contribution in [0, 0.1) is 0 Å². The Morgan fingerprint density at radius 3 is 2.86 bits per heavy atom. The average molecular weight is 386 g/mol. The Kier molecular flexibility index (Phi) is 7.76. The summed E-state index contributed by atoms with van der Waals surface area (Å²) in [6.07, 6.45) is 5.17. The predicted molar refractivity (Wildman–Crippen MR) is 96.5 cm³/mol. The summed E-state index contributed by atoms with van der Waals surface area (Å²) in [5, 5.41) is 3.04. The van der Waals surface area contributed by atoms with Crippen molar-refractivity contribution in [2.24, 2.45) is 0 Å². The quantitative estimate of drug-likeness (QED) is 0.558. The maximum atomic E-state index is 11.9. The van der Waals surface area contributed by atoms with Crippen molar-refractivity contribution in [1.82, 2.24) is 5.32 Å². The molecule has 1 aliphatic heterocycles. The van der Waals surface area contributed by atoms with Crippen molar-refractivity contribution in [2.45, 2.75) is 43.5 Å². The molecule has 1 saturated heterocycles. The minimum atomic E-state index is 0.134. The van der Waals surface area contributed by atoms with Crippen LogP contribution in [-0.4, -0.2) is 37.3 Å². The summed E-state index contributed by atoms with van der Waals surface area (Å²) in [6, 6.07) is 8.86. The molecule has 0 radical (unpaired) electrons. The van der Waals surface area contributed by atoms with E-state index in [1.54, 1.807) is 16.7 Å². The normalized spacial score (nSPS) is 21.5. The molecule has 1 aromatic carbocycles. The first kappa shape index (κ1) is 17.8. The van der Waals surface area contributed by atoms with Crippen LogP contribution in [0.1, 0.15) is 32.6 Å². The Bertz CT molecular complexity index is 466. The molecule has 2 atom stereocenters. The number of likely N-dealkylation sites (tertiary alicyclic amines) is 1. The van der Waals surface area contributed by atoms with Crippen LogP contribution in [-0.2, 0) is 4.79 Å². The number of quaternary nitrogens is 1. The molecular formula is C17H26BrN2OS+. The zero-order chi connectivity index (χ0) is 15.8. The van der Waals surface area contributed by atoms with Gasteiger partial charge in [0, 0.05) is 22.3 Å². The summed E-state index contributed by atoms with van der Waals surface area (Å²) in [5.41, 5.74) is 0. The van der Waals surface area contributed by atoms with E-state index in [2.05, 4.69) is 28.2 Å². The van der Waals surface area contributed by atoms with Crippen LogP contribution in [0.3, 0.4) is 0 Å². The molecule has 1 amide bonds. The molecule has 2 N–H and O–H groups in total. The Morgan fingerprint density at radius 2 is 2.14 bits per heavy atom. The summed E-state index contributed by atoms with van der Waals surface area (Å²) in [6.45, 7) is 5.63. The first-order chi connectivity index (χ1) is 10.6. The number of hydrogen-bond acceptors (Lipinski definition) is 2. The molecule has 2 rings (SSSR count). The molecule has 1 aromatic rings. The molecule has 3 nitrogen and oxygen atoms in total. The van der Waals surface area contributed by atoms with Crippen molar-refractivity contribution in [3.05, 3.63) is 28.7 Å². The van der Waals surface area contributed by atoms with Crippen LogP contribution >= 0.6 is 27.7 Å². The Labute approximate surface area is 146 Å². The molecule has 0 aromatic heterocycles. The van der Waals surface area contributed by atoms with E-state index in [9.17, 15) is 4.79 Å². The Morgan fingerprint density at radius 1 is 1.36 bits per heavy atom. The second-order valence-corrected chi connectivity index (χ2v) is 7.97. The zero-order valence-electron chi connectivity index (χ0n) is 13.2. The van der Waals surface area contributed by atoms with E-state index in [1.807, 2.05) is 24.3 Å². The lowest BCUT2D eigenvalue weighted by atomic mass is 10.0. The second-order valence-electron chi connectivity index (χ2n) is 6.00. The number of amides is 1. The number of piperidine rings is 1. The van der Waals surface area contributed by atoms with Crippen molar-refractivity contribution < 1.29 is 9.69 Å². The molecule has 122 valence electrons. The number of thioether (sulfide) groups is 1. The molecule has 0 saturated carbocycles. The monoisotopic (exact) mass is 385 g/mol. The lowest BCUT2D eigenvalue weighted by molar-refractivity contribution is -0.928. The molecular weight excluding hydrogens is 360 g/mol. The summed E-state index contributed by atoms with van der Waals surface area (Å²) >= 11 is 5.00. The number of carbonyl (C=O) groups excluding carboxylic acids is 1. The van der Waals surface area contributed by atoms with E-state index < -0.39 is 0 Å². The third-order valence-corrected chi connectivity index (χ3v) is 5.80. The highest BCUT2D eigenvalue weighted by Gasteiger charge is 2.20. The minimum Gasteiger partial charge on any atom is -0.355 e. The molecule has 1 heterocycles. The van der Waals surface area contributed by atoms with Crippen LogP contribution in [0.25, 0.3) is 0 Å². The van der Waals surface area contributed by atoms with Gasteiger partial charge in [-0.15, -0.1) is 11.8 Å². The first-order valence-corrected chi connectivity index (χ1v) is 9.92. The fourth-order valence-corrected chi connectivity index (χ4v) is 3.89. The summed E-state index contributed by atoms with van der Waals surface area (Å²) < 4.78 is 1.07. The van der Waals surface area contributed by atoms with Crippen LogP contribution in [0.2, 0.25) is 0 Å². The third kappa shape index (κ3) is 6.31. The van der Waals surface area contributed by atoms with Gasteiger partial charge in [0.05, 0.1) is 24.9 Å². The van der Waals surface area contributed by atoms with Crippen molar-refractivity contribution in [3.63, 3.8) is 0 Å².